The maximum atomic E-state index is 14.0. The molecule has 0 aliphatic heterocycles. The minimum absolute atomic E-state index is 0.350. The van der Waals surface area contributed by atoms with Crippen molar-refractivity contribution in [3.05, 3.63) is 41.6 Å². The van der Waals surface area contributed by atoms with E-state index < -0.39 is 5.95 Å². The van der Waals surface area contributed by atoms with Crippen LogP contribution in [0.5, 0.6) is 5.75 Å². The normalized spacial score (nSPS) is 10.7. The number of imidazole rings is 1. The molecule has 142 valence electrons. The van der Waals surface area contributed by atoms with Crippen LogP contribution >= 0.6 is 0 Å². The van der Waals surface area contributed by atoms with Crippen molar-refractivity contribution in [3.8, 4) is 17.1 Å². The Morgan fingerprint density at radius 2 is 1.96 bits per heavy atom. The number of benzene rings is 1. The fourth-order valence-corrected chi connectivity index (χ4v) is 2.66. The number of aryl methyl sites for hydroxylation is 1. The van der Waals surface area contributed by atoms with E-state index >= 15 is 0 Å². The van der Waals surface area contributed by atoms with Gasteiger partial charge in [-0.15, -0.1) is 0 Å². The van der Waals surface area contributed by atoms with Crippen LogP contribution in [-0.4, -0.2) is 41.1 Å². The molecule has 4 N–H and O–H groups in total. The van der Waals surface area contributed by atoms with Crippen molar-refractivity contribution >= 4 is 17.5 Å². The number of nitrogens with zero attached hydrogens (tertiary/aromatic N) is 3. The van der Waals surface area contributed by atoms with Gasteiger partial charge < -0.3 is 25.7 Å². The van der Waals surface area contributed by atoms with Crippen LogP contribution in [-0.2, 0) is 6.54 Å². The summed E-state index contributed by atoms with van der Waals surface area (Å²) in [5.41, 5.74) is 2.57. The largest absolute Gasteiger partial charge is 0.496 e. The van der Waals surface area contributed by atoms with Gasteiger partial charge in [0.15, 0.2) is 0 Å². The molecule has 0 atom stereocenters. The van der Waals surface area contributed by atoms with E-state index in [-0.39, 0.29) is 0 Å². The second-order valence-electron chi connectivity index (χ2n) is 5.89. The molecule has 0 spiro atoms. The van der Waals surface area contributed by atoms with Gasteiger partial charge in [-0.2, -0.15) is 14.4 Å². The highest BCUT2D eigenvalue weighted by atomic mass is 19.1. The van der Waals surface area contributed by atoms with E-state index in [0.29, 0.717) is 41.1 Å². The van der Waals surface area contributed by atoms with E-state index in [2.05, 4.69) is 35.9 Å². The molecule has 2 aromatic heterocycles. The summed E-state index contributed by atoms with van der Waals surface area (Å²) in [5.74, 6) is 1.59. The monoisotopic (exact) mass is 371 g/mol. The van der Waals surface area contributed by atoms with Crippen LogP contribution in [0.15, 0.2) is 24.3 Å². The van der Waals surface area contributed by atoms with Crippen LogP contribution in [0.4, 0.5) is 21.8 Å². The number of hydrogen-bond donors (Lipinski definition) is 4. The van der Waals surface area contributed by atoms with Crippen molar-refractivity contribution in [2.75, 3.05) is 31.8 Å². The SMILES string of the molecule is CNCc1[nH]c(-c2cc(Nc3nc(C)cc(NC)n3)ccc2OC)nc1F. The highest BCUT2D eigenvalue weighted by Gasteiger charge is 2.15. The molecule has 27 heavy (non-hydrogen) atoms. The molecule has 0 saturated heterocycles. The third-order valence-corrected chi connectivity index (χ3v) is 3.90. The molecule has 0 bridgehead atoms. The standard InChI is InChI=1S/C18H22FN7O/c1-10-7-15(21-3)25-18(22-10)23-11-5-6-14(27-4)12(8-11)17-24-13(9-20-2)16(19)26-17/h5-8,20H,9H2,1-4H3,(H,24,26)(H2,21,22,23,25). The minimum Gasteiger partial charge on any atom is -0.496 e. The van der Waals surface area contributed by atoms with Crippen molar-refractivity contribution in [1.82, 2.24) is 25.3 Å². The third-order valence-electron chi connectivity index (χ3n) is 3.90. The Bertz CT molecular complexity index is 941. The summed E-state index contributed by atoms with van der Waals surface area (Å²) in [6, 6.07) is 7.27. The predicted molar refractivity (Wildman–Crippen MR) is 103 cm³/mol. The summed E-state index contributed by atoms with van der Waals surface area (Å²) in [7, 11) is 5.10. The van der Waals surface area contributed by atoms with Gasteiger partial charge in [-0.3, -0.25) is 0 Å². The van der Waals surface area contributed by atoms with Gasteiger partial charge in [-0.1, -0.05) is 0 Å². The number of ether oxygens (including phenoxy) is 1. The molecule has 8 nitrogen and oxygen atoms in total. The van der Waals surface area contributed by atoms with Crippen molar-refractivity contribution in [1.29, 1.82) is 0 Å². The number of methoxy groups -OCH3 is 1. The van der Waals surface area contributed by atoms with Crippen LogP contribution in [0.25, 0.3) is 11.4 Å². The van der Waals surface area contributed by atoms with Crippen LogP contribution in [0.2, 0.25) is 0 Å². The van der Waals surface area contributed by atoms with Gasteiger partial charge in [0.2, 0.25) is 11.9 Å². The van der Waals surface area contributed by atoms with Gasteiger partial charge in [-0.25, -0.2) is 4.98 Å². The predicted octanol–water partition coefficient (Wildman–Crippen LogP) is 2.83. The Balaban J connectivity index is 1.96. The first-order valence-corrected chi connectivity index (χ1v) is 8.42. The van der Waals surface area contributed by atoms with Gasteiger partial charge >= 0.3 is 0 Å². The summed E-state index contributed by atoms with van der Waals surface area (Å²) < 4.78 is 19.4. The second kappa shape index (κ2) is 8.00. The van der Waals surface area contributed by atoms with E-state index in [1.165, 1.54) is 0 Å². The number of hydrogen-bond acceptors (Lipinski definition) is 7. The molecule has 0 radical (unpaired) electrons. The lowest BCUT2D eigenvalue weighted by Gasteiger charge is -2.11. The fourth-order valence-electron chi connectivity index (χ4n) is 2.66. The van der Waals surface area contributed by atoms with Crippen molar-refractivity contribution in [2.24, 2.45) is 0 Å². The number of halogens is 1. The van der Waals surface area contributed by atoms with Crippen LogP contribution in [0.1, 0.15) is 11.4 Å². The minimum atomic E-state index is -0.541. The summed E-state index contributed by atoms with van der Waals surface area (Å²) in [6.07, 6.45) is 0. The smallest absolute Gasteiger partial charge is 0.235 e. The quantitative estimate of drug-likeness (QED) is 0.507. The van der Waals surface area contributed by atoms with E-state index in [4.69, 9.17) is 4.74 Å². The average Bonchev–Trinajstić information content (AvgIpc) is 3.02. The molecule has 3 aromatic rings. The highest BCUT2D eigenvalue weighted by molar-refractivity contribution is 5.71. The second-order valence-corrected chi connectivity index (χ2v) is 5.89. The van der Waals surface area contributed by atoms with Crippen LogP contribution in [0.3, 0.4) is 0 Å². The molecular formula is C18H22FN7O. The molecule has 2 heterocycles. The van der Waals surface area contributed by atoms with E-state index in [1.807, 2.05) is 25.1 Å². The summed E-state index contributed by atoms with van der Waals surface area (Å²) in [6.45, 7) is 2.24. The Hall–Kier alpha value is -3.20. The molecule has 0 unspecified atom stereocenters. The molecule has 0 aliphatic rings. The number of aromatic nitrogens is 4. The molecule has 9 heteroatoms. The first-order chi connectivity index (χ1) is 13.0. The number of aromatic amines is 1. The van der Waals surface area contributed by atoms with E-state index in [9.17, 15) is 4.39 Å². The van der Waals surface area contributed by atoms with Gasteiger partial charge in [0, 0.05) is 31.0 Å². The maximum Gasteiger partial charge on any atom is 0.235 e. The zero-order chi connectivity index (χ0) is 19.4. The van der Waals surface area contributed by atoms with Gasteiger partial charge in [0.25, 0.3) is 0 Å². The third kappa shape index (κ3) is 4.14. The Labute approximate surface area is 156 Å². The zero-order valence-corrected chi connectivity index (χ0v) is 15.6. The first kappa shape index (κ1) is 18.6. The van der Waals surface area contributed by atoms with Gasteiger partial charge in [0.05, 0.1) is 18.4 Å². The van der Waals surface area contributed by atoms with Gasteiger partial charge in [0.1, 0.15) is 17.4 Å². The van der Waals surface area contributed by atoms with Crippen LogP contribution < -0.4 is 20.7 Å². The number of nitrogens with one attached hydrogen (secondary N) is 4. The fraction of sp³-hybridized carbons (Fsp3) is 0.278. The number of H-pyrrole nitrogens is 1. The Morgan fingerprint density at radius 1 is 1.15 bits per heavy atom. The first-order valence-electron chi connectivity index (χ1n) is 8.42. The molecule has 3 rings (SSSR count). The molecule has 0 amide bonds. The number of anilines is 3. The zero-order valence-electron chi connectivity index (χ0n) is 15.6. The summed E-state index contributed by atoms with van der Waals surface area (Å²) in [4.78, 5) is 15.7. The topological polar surface area (TPSA) is 99.8 Å². The van der Waals surface area contributed by atoms with E-state index in [0.717, 1.165) is 11.4 Å². The van der Waals surface area contributed by atoms with Crippen molar-refractivity contribution in [2.45, 2.75) is 13.5 Å². The average molecular weight is 371 g/mol. The number of rotatable bonds is 7. The lowest BCUT2D eigenvalue weighted by atomic mass is 10.1. The Kier molecular flexibility index (Phi) is 5.51. The molecule has 0 aliphatic carbocycles. The Morgan fingerprint density at radius 3 is 2.67 bits per heavy atom. The van der Waals surface area contributed by atoms with Crippen LogP contribution in [0, 0.1) is 12.9 Å². The summed E-state index contributed by atoms with van der Waals surface area (Å²) >= 11 is 0. The lowest BCUT2D eigenvalue weighted by Crippen LogP contribution is -2.06. The maximum absolute atomic E-state index is 14.0. The van der Waals surface area contributed by atoms with Gasteiger partial charge in [-0.05, 0) is 32.2 Å². The lowest BCUT2D eigenvalue weighted by molar-refractivity contribution is 0.416. The molecule has 0 saturated carbocycles. The summed E-state index contributed by atoms with van der Waals surface area (Å²) in [5, 5.41) is 9.06. The highest BCUT2D eigenvalue weighted by Crippen LogP contribution is 2.32. The molecule has 1 aromatic carbocycles. The molecular weight excluding hydrogens is 349 g/mol. The van der Waals surface area contributed by atoms with Crippen molar-refractivity contribution < 1.29 is 9.13 Å². The molecule has 0 fully saturated rings. The van der Waals surface area contributed by atoms with Crippen molar-refractivity contribution in [3.63, 3.8) is 0 Å². The van der Waals surface area contributed by atoms with E-state index in [1.54, 1.807) is 27.3 Å².